The minimum absolute atomic E-state index is 0.0429. The van der Waals surface area contributed by atoms with Crippen LogP contribution >= 0.6 is 0 Å². The molecule has 30 heavy (non-hydrogen) atoms. The quantitative estimate of drug-likeness (QED) is 0.369. The summed E-state index contributed by atoms with van der Waals surface area (Å²) in [6, 6.07) is 2.80. The molecule has 0 radical (unpaired) electrons. The molecule has 1 amide bonds. The number of nitrogens with one attached hydrogen (secondary N) is 1. The number of amides is 1. The Morgan fingerprint density at radius 1 is 1.07 bits per heavy atom. The van der Waals surface area contributed by atoms with E-state index in [0.717, 1.165) is 6.92 Å². The Morgan fingerprint density at radius 2 is 1.60 bits per heavy atom. The number of aromatic hydroxyl groups is 1. The second-order valence-electron chi connectivity index (χ2n) is 6.40. The first-order valence-electron chi connectivity index (χ1n) is 9.37. The third-order valence-corrected chi connectivity index (χ3v) is 4.59. The highest BCUT2D eigenvalue weighted by Crippen LogP contribution is 2.44. The summed E-state index contributed by atoms with van der Waals surface area (Å²) < 4.78 is 20.3. The number of hydrogen-bond donors (Lipinski definition) is 3. The van der Waals surface area contributed by atoms with Crippen LogP contribution < -0.4 is 14.8 Å². The van der Waals surface area contributed by atoms with E-state index in [0.29, 0.717) is 0 Å². The van der Waals surface area contributed by atoms with Gasteiger partial charge in [0.05, 0.1) is 33.5 Å². The molecule has 1 aromatic rings. The molecule has 0 saturated carbocycles. The summed E-state index contributed by atoms with van der Waals surface area (Å²) >= 11 is 0. The first-order chi connectivity index (χ1) is 14.1. The van der Waals surface area contributed by atoms with E-state index in [1.54, 1.807) is 0 Å². The van der Waals surface area contributed by atoms with E-state index < -0.39 is 41.2 Å². The molecule has 2 atom stereocenters. The summed E-state index contributed by atoms with van der Waals surface area (Å²) in [6.45, 7) is 5.37. The van der Waals surface area contributed by atoms with Gasteiger partial charge in [-0.2, -0.15) is 0 Å². The zero-order valence-corrected chi connectivity index (χ0v) is 18.0. The zero-order valence-electron chi connectivity index (χ0n) is 18.0. The monoisotopic (exact) mass is 427 g/mol. The largest absolute Gasteiger partial charge is 0.504 e. The maximum Gasteiger partial charge on any atom is 0.344 e. The van der Waals surface area contributed by atoms with Gasteiger partial charge < -0.3 is 34.5 Å². The number of carbonyl (C=O) groups is 3. The average Bonchev–Trinajstić information content (AvgIpc) is 2.70. The second kappa shape index (κ2) is 10.7. The lowest BCUT2D eigenvalue weighted by molar-refractivity contribution is -0.174. The summed E-state index contributed by atoms with van der Waals surface area (Å²) in [5.41, 5.74) is -2.40. The fourth-order valence-electron chi connectivity index (χ4n) is 3.11. The van der Waals surface area contributed by atoms with Crippen LogP contribution in [0.3, 0.4) is 0 Å². The molecular weight excluding hydrogens is 398 g/mol. The summed E-state index contributed by atoms with van der Waals surface area (Å²) in [5, 5.41) is 23.9. The van der Waals surface area contributed by atoms with Gasteiger partial charge in [0.25, 0.3) is 0 Å². The van der Waals surface area contributed by atoms with Gasteiger partial charge in [0, 0.05) is 18.4 Å². The average molecular weight is 427 g/mol. The van der Waals surface area contributed by atoms with Crippen LogP contribution in [0.1, 0.15) is 39.4 Å². The Balaban J connectivity index is 3.62. The van der Waals surface area contributed by atoms with Crippen LogP contribution in [-0.4, -0.2) is 61.0 Å². The molecule has 3 N–H and O–H groups in total. The van der Waals surface area contributed by atoms with Crippen LogP contribution in [0.15, 0.2) is 12.1 Å². The lowest BCUT2D eigenvalue weighted by atomic mass is 9.78. The molecule has 1 rings (SSSR count). The molecule has 0 aliphatic heterocycles. The van der Waals surface area contributed by atoms with E-state index in [-0.39, 0.29) is 30.3 Å². The lowest BCUT2D eigenvalue weighted by Crippen LogP contribution is -2.66. The summed E-state index contributed by atoms with van der Waals surface area (Å²) in [4.78, 5) is 37.6. The Morgan fingerprint density at radius 3 is 2.00 bits per heavy atom. The van der Waals surface area contributed by atoms with Gasteiger partial charge in [-0.1, -0.05) is 6.92 Å². The van der Waals surface area contributed by atoms with Gasteiger partial charge in [-0.3, -0.25) is 4.79 Å². The number of aliphatic hydroxyl groups excluding tert-OH is 1. The van der Waals surface area contributed by atoms with Crippen molar-refractivity contribution in [1.82, 2.24) is 5.32 Å². The van der Waals surface area contributed by atoms with Crippen molar-refractivity contribution in [3.63, 3.8) is 0 Å². The van der Waals surface area contributed by atoms with Gasteiger partial charge >= 0.3 is 11.9 Å². The smallest absolute Gasteiger partial charge is 0.344 e. The van der Waals surface area contributed by atoms with E-state index >= 15 is 0 Å². The van der Waals surface area contributed by atoms with Gasteiger partial charge in [0.15, 0.2) is 11.5 Å². The van der Waals surface area contributed by atoms with Crippen molar-refractivity contribution in [2.24, 2.45) is 5.92 Å². The predicted octanol–water partition coefficient (Wildman–Crippen LogP) is 1.08. The van der Waals surface area contributed by atoms with Gasteiger partial charge in [-0.25, -0.2) is 9.59 Å². The number of carbonyl (C=O) groups excluding carboxylic acids is 3. The van der Waals surface area contributed by atoms with Crippen LogP contribution in [0.2, 0.25) is 0 Å². The van der Waals surface area contributed by atoms with Gasteiger partial charge in [0.2, 0.25) is 17.2 Å². The molecule has 2 unspecified atom stereocenters. The fraction of sp³-hybridized carbons (Fsp3) is 0.550. The molecule has 0 aliphatic rings. The van der Waals surface area contributed by atoms with Crippen LogP contribution in [0.25, 0.3) is 0 Å². The van der Waals surface area contributed by atoms with Crippen molar-refractivity contribution >= 4 is 17.8 Å². The van der Waals surface area contributed by atoms with Crippen molar-refractivity contribution in [3.05, 3.63) is 17.7 Å². The predicted molar refractivity (Wildman–Crippen MR) is 105 cm³/mol. The van der Waals surface area contributed by atoms with E-state index in [4.69, 9.17) is 18.9 Å². The summed E-state index contributed by atoms with van der Waals surface area (Å²) in [5.74, 6) is -4.48. The van der Waals surface area contributed by atoms with E-state index in [9.17, 15) is 24.6 Å². The number of phenolic OH excluding ortho intramolecular Hbond substituents is 1. The molecule has 0 bridgehead atoms. The number of rotatable bonds is 10. The van der Waals surface area contributed by atoms with Crippen LogP contribution in [-0.2, 0) is 23.9 Å². The van der Waals surface area contributed by atoms with E-state index in [2.05, 4.69) is 5.32 Å². The molecule has 0 saturated heterocycles. The SMILES string of the molecule is CCOC(=O)C(NC(C)=O)(C(=O)OCC)C(C)C(O)c1ccc(OC)c(OC)c1O. The summed E-state index contributed by atoms with van der Waals surface area (Å²) in [6.07, 6.45) is -1.61. The molecule has 10 heteroatoms. The molecule has 0 spiro atoms. The Labute approximate surface area is 175 Å². The standard InChI is InChI=1S/C20H29NO9/c1-7-29-18(25)20(21-12(4)22,19(26)30-8-2)11(3)15(23)13-9-10-14(27-5)17(28-6)16(13)24/h9-11,15,23-24H,7-8H2,1-6H3,(H,21,22). The Kier molecular flexibility index (Phi) is 8.91. The van der Waals surface area contributed by atoms with Crippen molar-refractivity contribution in [1.29, 1.82) is 0 Å². The molecule has 168 valence electrons. The number of esters is 2. The number of phenols is 1. The highest BCUT2D eigenvalue weighted by atomic mass is 16.6. The number of aliphatic hydroxyl groups is 1. The lowest BCUT2D eigenvalue weighted by Gasteiger charge is -2.37. The molecule has 0 heterocycles. The molecule has 1 aromatic carbocycles. The molecule has 0 aliphatic carbocycles. The second-order valence-corrected chi connectivity index (χ2v) is 6.40. The fourth-order valence-corrected chi connectivity index (χ4v) is 3.11. The highest BCUT2D eigenvalue weighted by molar-refractivity contribution is 6.08. The molecule has 10 nitrogen and oxygen atoms in total. The maximum absolute atomic E-state index is 12.8. The van der Waals surface area contributed by atoms with Gasteiger partial charge in [-0.05, 0) is 26.0 Å². The van der Waals surface area contributed by atoms with Crippen molar-refractivity contribution < 1.29 is 43.5 Å². The first-order valence-corrected chi connectivity index (χ1v) is 9.37. The van der Waals surface area contributed by atoms with Gasteiger partial charge in [0.1, 0.15) is 0 Å². The first kappa shape index (κ1) is 25.0. The van der Waals surface area contributed by atoms with E-state index in [1.807, 2.05) is 0 Å². The van der Waals surface area contributed by atoms with E-state index in [1.165, 1.54) is 47.1 Å². The third-order valence-electron chi connectivity index (χ3n) is 4.59. The van der Waals surface area contributed by atoms with Crippen LogP contribution in [0.4, 0.5) is 0 Å². The number of benzene rings is 1. The van der Waals surface area contributed by atoms with Crippen molar-refractivity contribution in [3.8, 4) is 17.2 Å². The zero-order chi connectivity index (χ0) is 23.1. The Bertz CT molecular complexity index is 760. The molecular formula is C20H29NO9. The number of methoxy groups -OCH3 is 2. The maximum atomic E-state index is 12.8. The minimum atomic E-state index is -2.35. The van der Waals surface area contributed by atoms with Gasteiger partial charge in [-0.15, -0.1) is 0 Å². The van der Waals surface area contributed by atoms with Crippen LogP contribution in [0, 0.1) is 5.92 Å². The molecule has 0 fully saturated rings. The summed E-state index contributed by atoms with van der Waals surface area (Å²) in [7, 11) is 2.68. The third kappa shape index (κ3) is 4.76. The topological polar surface area (TPSA) is 141 Å². The normalized spacial score (nSPS) is 13.0. The van der Waals surface area contributed by atoms with Crippen LogP contribution in [0.5, 0.6) is 17.2 Å². The molecule has 0 aromatic heterocycles. The minimum Gasteiger partial charge on any atom is -0.504 e. The number of hydrogen-bond acceptors (Lipinski definition) is 9. The Hall–Kier alpha value is -3.01. The highest BCUT2D eigenvalue weighted by Gasteiger charge is 2.57. The number of ether oxygens (including phenoxy) is 4. The van der Waals surface area contributed by atoms with Crippen molar-refractivity contribution in [2.75, 3.05) is 27.4 Å². The van der Waals surface area contributed by atoms with Crippen molar-refractivity contribution in [2.45, 2.75) is 39.3 Å².